The van der Waals surface area contributed by atoms with Gasteiger partial charge in [-0.2, -0.15) is 0 Å². The zero-order chi connectivity index (χ0) is 18.1. The number of aryl methyl sites for hydroxylation is 2. The lowest BCUT2D eigenvalue weighted by Crippen LogP contribution is -2.33. The van der Waals surface area contributed by atoms with Crippen molar-refractivity contribution < 1.29 is 4.79 Å². The van der Waals surface area contributed by atoms with Crippen molar-refractivity contribution in [2.75, 3.05) is 31.1 Å². The molecule has 5 nitrogen and oxygen atoms in total. The number of hydrogen-bond acceptors (Lipinski definition) is 4. The van der Waals surface area contributed by atoms with Crippen molar-refractivity contribution in [1.29, 1.82) is 0 Å². The monoisotopic (exact) mass is 350 g/mol. The molecule has 1 amide bonds. The Bertz CT molecular complexity index is 810. The van der Waals surface area contributed by atoms with Gasteiger partial charge in [-0.1, -0.05) is 17.7 Å². The highest BCUT2D eigenvalue weighted by molar-refractivity contribution is 5.94. The van der Waals surface area contributed by atoms with Gasteiger partial charge in [-0.15, -0.1) is 0 Å². The smallest absolute Gasteiger partial charge is 0.253 e. The number of anilines is 1. The Morgan fingerprint density at radius 3 is 2.35 bits per heavy atom. The van der Waals surface area contributed by atoms with Crippen LogP contribution in [0.1, 0.15) is 45.7 Å². The number of carbonyl (C=O) groups excluding carboxylic acids is 1. The van der Waals surface area contributed by atoms with E-state index >= 15 is 0 Å². The third-order valence-corrected chi connectivity index (χ3v) is 5.51. The molecule has 1 aromatic heterocycles. The SMILES string of the molecule is Cc1ccc(C(=O)N2CCc3nc(N4CCCC4)nc(C)c3CC2)cc1. The van der Waals surface area contributed by atoms with Crippen LogP contribution in [0.4, 0.5) is 5.95 Å². The second-order valence-corrected chi connectivity index (χ2v) is 7.39. The standard InChI is InChI=1S/C21H26N4O/c1-15-5-7-17(8-6-15)20(26)24-13-9-18-16(2)22-21(23-19(18)10-14-24)25-11-3-4-12-25/h5-8H,3-4,9-14H2,1-2H3. The predicted octanol–water partition coefficient (Wildman–Crippen LogP) is 2.93. The summed E-state index contributed by atoms with van der Waals surface area (Å²) >= 11 is 0. The highest BCUT2D eigenvalue weighted by Crippen LogP contribution is 2.23. The number of amides is 1. The first-order valence-electron chi connectivity index (χ1n) is 9.59. The van der Waals surface area contributed by atoms with E-state index in [4.69, 9.17) is 9.97 Å². The fourth-order valence-electron chi connectivity index (χ4n) is 3.91. The van der Waals surface area contributed by atoms with Crippen molar-refractivity contribution in [3.63, 3.8) is 0 Å². The summed E-state index contributed by atoms with van der Waals surface area (Å²) in [4.78, 5) is 26.7. The first kappa shape index (κ1) is 17.0. The first-order chi connectivity index (χ1) is 12.6. The van der Waals surface area contributed by atoms with Gasteiger partial charge in [0.15, 0.2) is 0 Å². The Morgan fingerprint density at radius 2 is 1.62 bits per heavy atom. The molecule has 0 bridgehead atoms. The number of nitrogens with zero attached hydrogens (tertiary/aromatic N) is 4. The largest absolute Gasteiger partial charge is 0.341 e. The van der Waals surface area contributed by atoms with Gasteiger partial charge in [0.05, 0.1) is 5.69 Å². The third kappa shape index (κ3) is 3.30. The van der Waals surface area contributed by atoms with Crippen LogP contribution in [0.5, 0.6) is 0 Å². The van der Waals surface area contributed by atoms with Crippen LogP contribution in [0.25, 0.3) is 0 Å². The zero-order valence-electron chi connectivity index (χ0n) is 15.7. The number of rotatable bonds is 2. The van der Waals surface area contributed by atoms with E-state index in [0.717, 1.165) is 61.9 Å². The number of benzene rings is 1. The molecule has 2 aromatic rings. The molecule has 4 rings (SSSR count). The van der Waals surface area contributed by atoms with Crippen LogP contribution in [-0.4, -0.2) is 47.0 Å². The molecule has 5 heteroatoms. The van der Waals surface area contributed by atoms with Gasteiger partial charge in [0, 0.05) is 43.9 Å². The van der Waals surface area contributed by atoms with Crippen LogP contribution in [0.15, 0.2) is 24.3 Å². The molecule has 2 aliphatic heterocycles. The highest BCUT2D eigenvalue weighted by atomic mass is 16.2. The Labute approximate surface area is 155 Å². The van der Waals surface area contributed by atoms with Gasteiger partial charge < -0.3 is 9.80 Å². The van der Waals surface area contributed by atoms with Crippen LogP contribution in [0.3, 0.4) is 0 Å². The van der Waals surface area contributed by atoms with E-state index in [1.807, 2.05) is 36.1 Å². The number of carbonyl (C=O) groups is 1. The first-order valence-corrected chi connectivity index (χ1v) is 9.59. The number of aromatic nitrogens is 2. The van der Waals surface area contributed by atoms with Gasteiger partial charge in [-0.3, -0.25) is 4.79 Å². The number of hydrogen-bond donors (Lipinski definition) is 0. The van der Waals surface area contributed by atoms with Gasteiger partial charge in [0.25, 0.3) is 5.91 Å². The minimum absolute atomic E-state index is 0.114. The summed E-state index contributed by atoms with van der Waals surface area (Å²) in [5.74, 6) is 0.986. The topological polar surface area (TPSA) is 49.3 Å². The fourth-order valence-corrected chi connectivity index (χ4v) is 3.91. The maximum Gasteiger partial charge on any atom is 0.253 e. The lowest BCUT2D eigenvalue weighted by atomic mass is 10.1. The molecule has 3 heterocycles. The van der Waals surface area contributed by atoms with Crippen LogP contribution in [0.2, 0.25) is 0 Å². The Hall–Kier alpha value is -2.43. The Kier molecular flexibility index (Phi) is 4.62. The molecule has 1 fully saturated rings. The molecule has 1 aromatic carbocycles. The van der Waals surface area contributed by atoms with Gasteiger partial charge in [-0.05, 0) is 50.8 Å². The van der Waals surface area contributed by atoms with Crippen molar-refractivity contribution in [3.8, 4) is 0 Å². The molecule has 0 aliphatic carbocycles. The van der Waals surface area contributed by atoms with E-state index in [0.29, 0.717) is 0 Å². The van der Waals surface area contributed by atoms with Crippen LogP contribution < -0.4 is 4.90 Å². The maximum absolute atomic E-state index is 12.9. The van der Waals surface area contributed by atoms with E-state index < -0.39 is 0 Å². The minimum atomic E-state index is 0.114. The van der Waals surface area contributed by atoms with Gasteiger partial charge in [-0.25, -0.2) is 9.97 Å². The predicted molar refractivity (Wildman–Crippen MR) is 103 cm³/mol. The average Bonchev–Trinajstić information content (AvgIpc) is 3.09. The number of fused-ring (bicyclic) bond motifs is 1. The normalized spacial score (nSPS) is 17.2. The summed E-state index contributed by atoms with van der Waals surface area (Å²) in [6, 6.07) is 7.84. The van der Waals surface area contributed by atoms with Crippen molar-refractivity contribution in [2.24, 2.45) is 0 Å². The van der Waals surface area contributed by atoms with Crippen LogP contribution in [0, 0.1) is 13.8 Å². The van der Waals surface area contributed by atoms with E-state index in [1.54, 1.807) is 0 Å². The maximum atomic E-state index is 12.9. The molecule has 136 valence electrons. The van der Waals surface area contributed by atoms with E-state index in [2.05, 4.69) is 11.8 Å². The minimum Gasteiger partial charge on any atom is -0.341 e. The quantitative estimate of drug-likeness (QED) is 0.836. The molecule has 0 spiro atoms. The van der Waals surface area contributed by atoms with Crippen molar-refractivity contribution in [3.05, 3.63) is 52.3 Å². The molecular formula is C21H26N4O. The molecule has 1 saturated heterocycles. The van der Waals surface area contributed by atoms with Crippen molar-refractivity contribution in [2.45, 2.75) is 39.5 Å². The van der Waals surface area contributed by atoms with E-state index in [1.165, 1.54) is 24.0 Å². The molecule has 2 aliphatic rings. The summed E-state index contributed by atoms with van der Waals surface area (Å²) in [7, 11) is 0. The van der Waals surface area contributed by atoms with Crippen LogP contribution in [-0.2, 0) is 12.8 Å². The highest BCUT2D eigenvalue weighted by Gasteiger charge is 2.24. The zero-order valence-corrected chi connectivity index (χ0v) is 15.7. The molecule has 0 N–H and O–H groups in total. The Balaban J connectivity index is 1.54. The van der Waals surface area contributed by atoms with Crippen molar-refractivity contribution >= 4 is 11.9 Å². The molecule has 0 unspecified atom stereocenters. The second kappa shape index (κ2) is 7.06. The lowest BCUT2D eigenvalue weighted by molar-refractivity contribution is 0.0763. The average molecular weight is 350 g/mol. The summed E-state index contributed by atoms with van der Waals surface area (Å²) in [6.07, 6.45) is 4.08. The molecular weight excluding hydrogens is 324 g/mol. The fraction of sp³-hybridized carbons (Fsp3) is 0.476. The summed E-state index contributed by atoms with van der Waals surface area (Å²) < 4.78 is 0. The van der Waals surface area contributed by atoms with Gasteiger partial charge >= 0.3 is 0 Å². The van der Waals surface area contributed by atoms with Crippen molar-refractivity contribution in [1.82, 2.24) is 14.9 Å². The summed E-state index contributed by atoms with van der Waals surface area (Å²) in [6.45, 7) is 7.67. The van der Waals surface area contributed by atoms with Gasteiger partial charge in [0.2, 0.25) is 5.95 Å². The van der Waals surface area contributed by atoms with Crippen LogP contribution >= 0.6 is 0 Å². The molecule has 0 atom stereocenters. The summed E-state index contributed by atoms with van der Waals surface area (Å²) in [5, 5.41) is 0. The molecule has 0 radical (unpaired) electrons. The molecule has 26 heavy (non-hydrogen) atoms. The van der Waals surface area contributed by atoms with E-state index in [-0.39, 0.29) is 5.91 Å². The lowest BCUT2D eigenvalue weighted by Gasteiger charge is -2.20. The third-order valence-electron chi connectivity index (χ3n) is 5.51. The van der Waals surface area contributed by atoms with E-state index in [9.17, 15) is 4.79 Å². The summed E-state index contributed by atoms with van der Waals surface area (Å²) in [5.41, 5.74) is 5.36. The molecule has 0 saturated carbocycles. The second-order valence-electron chi connectivity index (χ2n) is 7.39. The van der Waals surface area contributed by atoms with Gasteiger partial charge in [0.1, 0.15) is 0 Å². The Morgan fingerprint density at radius 1 is 0.923 bits per heavy atom.